The van der Waals surface area contributed by atoms with Crippen molar-refractivity contribution >= 4 is 22.9 Å². The standard InChI is InChI=1S/C26H28N2O5S/c1-17(16-29)13-22(14-18-7-9-20(10-8-18)19-5-3-2-4-6-19)28-26(31)21-11-12-23(25(27)30)24(15-21)34(32)33/h2-12,15,17,22,29H,13-14,16H2,1H3,(H2,27,30)(H,28,31)(H,32,33). The minimum absolute atomic E-state index is 0.0136. The molecule has 0 aliphatic heterocycles. The van der Waals surface area contributed by atoms with Crippen LogP contribution in [0.2, 0.25) is 0 Å². The van der Waals surface area contributed by atoms with E-state index in [1.54, 1.807) is 0 Å². The number of hydrogen-bond donors (Lipinski definition) is 4. The summed E-state index contributed by atoms with van der Waals surface area (Å²) in [6.07, 6.45) is 1.09. The number of benzene rings is 3. The van der Waals surface area contributed by atoms with E-state index in [0.717, 1.165) is 16.7 Å². The summed E-state index contributed by atoms with van der Waals surface area (Å²) in [4.78, 5) is 24.2. The molecule has 0 heterocycles. The SMILES string of the molecule is CC(CO)CC(Cc1ccc(-c2ccccc2)cc1)NC(=O)c1ccc(C(N)=O)c(S(=O)O)c1. The molecule has 178 valence electrons. The fraction of sp³-hybridized carbons (Fsp3) is 0.231. The highest BCUT2D eigenvalue weighted by Crippen LogP contribution is 2.21. The second-order valence-corrected chi connectivity index (χ2v) is 9.22. The molecule has 0 saturated heterocycles. The minimum atomic E-state index is -2.47. The van der Waals surface area contributed by atoms with Crippen LogP contribution in [0.3, 0.4) is 0 Å². The summed E-state index contributed by atoms with van der Waals surface area (Å²) in [6.45, 7) is 1.88. The van der Waals surface area contributed by atoms with Crippen LogP contribution in [0.15, 0.2) is 77.7 Å². The Balaban J connectivity index is 1.79. The zero-order valence-corrected chi connectivity index (χ0v) is 19.6. The van der Waals surface area contributed by atoms with E-state index in [4.69, 9.17) is 5.73 Å². The maximum atomic E-state index is 12.9. The molecule has 0 bridgehead atoms. The molecule has 8 heteroatoms. The number of nitrogens with one attached hydrogen (secondary N) is 1. The molecule has 0 aliphatic carbocycles. The smallest absolute Gasteiger partial charge is 0.251 e. The van der Waals surface area contributed by atoms with Gasteiger partial charge >= 0.3 is 0 Å². The number of nitrogens with two attached hydrogens (primary N) is 1. The van der Waals surface area contributed by atoms with Crippen LogP contribution in [0.25, 0.3) is 11.1 Å². The summed E-state index contributed by atoms with van der Waals surface area (Å²) in [5, 5.41) is 12.5. The van der Waals surface area contributed by atoms with E-state index in [-0.39, 0.29) is 34.6 Å². The Labute approximate surface area is 201 Å². The van der Waals surface area contributed by atoms with Crippen LogP contribution in [-0.4, -0.2) is 38.3 Å². The third kappa shape index (κ3) is 6.60. The predicted molar refractivity (Wildman–Crippen MR) is 132 cm³/mol. The molecule has 0 radical (unpaired) electrons. The number of primary amides is 1. The molecule has 5 N–H and O–H groups in total. The topological polar surface area (TPSA) is 130 Å². The van der Waals surface area contributed by atoms with Crippen LogP contribution in [0, 0.1) is 5.92 Å². The fourth-order valence-electron chi connectivity index (χ4n) is 3.78. The summed E-state index contributed by atoms with van der Waals surface area (Å²) in [7, 11) is 0. The minimum Gasteiger partial charge on any atom is -0.396 e. The van der Waals surface area contributed by atoms with Gasteiger partial charge < -0.3 is 20.7 Å². The highest BCUT2D eigenvalue weighted by atomic mass is 32.2. The molecule has 3 aromatic carbocycles. The first-order valence-electron chi connectivity index (χ1n) is 10.9. The zero-order chi connectivity index (χ0) is 24.7. The maximum absolute atomic E-state index is 12.9. The molecule has 0 fully saturated rings. The average Bonchev–Trinajstić information content (AvgIpc) is 2.84. The van der Waals surface area contributed by atoms with Crippen molar-refractivity contribution in [2.75, 3.05) is 6.61 Å². The lowest BCUT2D eigenvalue weighted by molar-refractivity contribution is 0.0924. The van der Waals surface area contributed by atoms with Crippen LogP contribution < -0.4 is 11.1 Å². The summed E-state index contributed by atoms with van der Waals surface area (Å²) in [6, 6.07) is 21.7. The fourth-order valence-corrected chi connectivity index (χ4v) is 4.37. The van der Waals surface area contributed by atoms with Gasteiger partial charge in [-0.2, -0.15) is 0 Å². The van der Waals surface area contributed by atoms with Crippen LogP contribution in [0.4, 0.5) is 0 Å². The lowest BCUT2D eigenvalue weighted by Crippen LogP contribution is -2.38. The molecule has 0 aromatic heterocycles. The second kappa shape index (κ2) is 11.7. The number of carbonyl (C=O) groups is 2. The van der Waals surface area contributed by atoms with Crippen molar-refractivity contribution in [1.82, 2.24) is 5.32 Å². The Morgan fingerprint density at radius 1 is 1.00 bits per heavy atom. The molecule has 3 atom stereocenters. The molecule has 3 aromatic rings. The number of rotatable bonds is 10. The molecule has 0 spiro atoms. The Morgan fingerprint density at radius 2 is 1.65 bits per heavy atom. The van der Waals surface area contributed by atoms with Crippen molar-refractivity contribution in [3.8, 4) is 11.1 Å². The second-order valence-electron chi connectivity index (χ2n) is 8.29. The highest BCUT2D eigenvalue weighted by Gasteiger charge is 2.20. The number of carbonyl (C=O) groups excluding carboxylic acids is 2. The molecule has 0 aliphatic rings. The monoisotopic (exact) mass is 480 g/mol. The van der Waals surface area contributed by atoms with Gasteiger partial charge in [-0.1, -0.05) is 61.5 Å². The summed E-state index contributed by atoms with van der Waals surface area (Å²) >= 11 is -2.47. The van der Waals surface area contributed by atoms with Gasteiger partial charge in [0, 0.05) is 18.2 Å². The van der Waals surface area contributed by atoms with Crippen LogP contribution in [0.1, 0.15) is 39.6 Å². The van der Waals surface area contributed by atoms with Gasteiger partial charge in [0.05, 0.1) is 10.5 Å². The first-order chi connectivity index (χ1) is 16.3. The van der Waals surface area contributed by atoms with E-state index in [2.05, 4.69) is 5.32 Å². The molecule has 34 heavy (non-hydrogen) atoms. The Kier molecular flexibility index (Phi) is 8.70. The van der Waals surface area contributed by atoms with Crippen molar-refractivity contribution in [1.29, 1.82) is 0 Å². The van der Waals surface area contributed by atoms with Crippen molar-refractivity contribution < 1.29 is 23.5 Å². The van der Waals surface area contributed by atoms with Crippen molar-refractivity contribution in [3.05, 3.63) is 89.5 Å². The summed E-state index contributed by atoms with van der Waals surface area (Å²) in [5.74, 6) is -1.33. The zero-order valence-electron chi connectivity index (χ0n) is 18.8. The van der Waals surface area contributed by atoms with Gasteiger partial charge in [-0.15, -0.1) is 0 Å². The van der Waals surface area contributed by atoms with Gasteiger partial charge in [-0.3, -0.25) is 9.59 Å². The molecular formula is C26H28N2O5S. The number of aliphatic hydroxyl groups is 1. The van der Waals surface area contributed by atoms with E-state index < -0.39 is 22.9 Å². The normalized spacial score (nSPS) is 13.6. The van der Waals surface area contributed by atoms with Gasteiger partial charge in [0.15, 0.2) is 11.1 Å². The highest BCUT2D eigenvalue weighted by molar-refractivity contribution is 7.79. The van der Waals surface area contributed by atoms with Gasteiger partial charge in [0.2, 0.25) is 5.91 Å². The lowest BCUT2D eigenvalue weighted by atomic mass is 9.95. The molecule has 2 amide bonds. The first-order valence-corrected chi connectivity index (χ1v) is 12.0. The molecule has 3 unspecified atom stereocenters. The average molecular weight is 481 g/mol. The Bertz CT molecular complexity index is 1170. The third-order valence-electron chi connectivity index (χ3n) is 5.57. The number of hydrogen-bond acceptors (Lipinski definition) is 4. The van der Waals surface area contributed by atoms with Crippen molar-refractivity contribution in [2.24, 2.45) is 11.7 Å². The largest absolute Gasteiger partial charge is 0.396 e. The van der Waals surface area contributed by atoms with Gasteiger partial charge in [-0.25, -0.2) is 4.21 Å². The molecule has 0 saturated carbocycles. The Morgan fingerprint density at radius 3 is 2.24 bits per heavy atom. The van der Waals surface area contributed by atoms with Crippen LogP contribution in [-0.2, 0) is 17.5 Å². The molecular weight excluding hydrogens is 452 g/mol. The van der Waals surface area contributed by atoms with Crippen molar-refractivity contribution in [3.63, 3.8) is 0 Å². The summed E-state index contributed by atoms with van der Waals surface area (Å²) in [5.41, 5.74) is 8.52. The quantitative estimate of drug-likeness (QED) is 0.331. The maximum Gasteiger partial charge on any atom is 0.251 e. The van der Waals surface area contributed by atoms with E-state index in [9.17, 15) is 23.5 Å². The van der Waals surface area contributed by atoms with E-state index in [0.29, 0.717) is 12.8 Å². The first kappa shape index (κ1) is 25.3. The summed E-state index contributed by atoms with van der Waals surface area (Å²) < 4.78 is 21.1. The van der Waals surface area contributed by atoms with Crippen LogP contribution in [0.5, 0.6) is 0 Å². The van der Waals surface area contributed by atoms with E-state index in [1.165, 1.54) is 18.2 Å². The molecule has 7 nitrogen and oxygen atoms in total. The van der Waals surface area contributed by atoms with Crippen molar-refractivity contribution in [2.45, 2.75) is 30.7 Å². The van der Waals surface area contributed by atoms with Crippen LogP contribution >= 0.6 is 0 Å². The third-order valence-corrected chi connectivity index (χ3v) is 6.29. The van der Waals surface area contributed by atoms with E-state index in [1.807, 2.05) is 61.5 Å². The van der Waals surface area contributed by atoms with Gasteiger partial charge in [0.25, 0.3) is 5.91 Å². The lowest BCUT2D eigenvalue weighted by Gasteiger charge is -2.22. The molecule has 3 rings (SSSR count). The number of aliphatic hydroxyl groups excluding tert-OH is 1. The Hall–Kier alpha value is -3.33. The number of amides is 2. The van der Waals surface area contributed by atoms with Gasteiger partial charge in [0.1, 0.15) is 0 Å². The van der Waals surface area contributed by atoms with Gasteiger partial charge in [-0.05, 0) is 53.6 Å². The van der Waals surface area contributed by atoms with E-state index >= 15 is 0 Å². The predicted octanol–water partition coefficient (Wildman–Crippen LogP) is 3.39.